The minimum absolute atomic E-state index is 0.122. The van der Waals surface area contributed by atoms with Crippen LogP contribution in [0.25, 0.3) is 16.9 Å². The summed E-state index contributed by atoms with van der Waals surface area (Å²) in [5.41, 5.74) is 5.04. The van der Waals surface area contributed by atoms with E-state index in [-0.39, 0.29) is 27.7 Å². The molecule has 0 radical (unpaired) electrons. The molecule has 3 aromatic heterocycles. The zero-order chi connectivity index (χ0) is 29.8. The zero-order valence-electron chi connectivity index (χ0n) is 21.7. The first-order valence-electron chi connectivity index (χ1n) is 12.4. The first-order valence-corrected chi connectivity index (χ1v) is 12.4. The predicted molar refractivity (Wildman–Crippen MR) is 137 cm³/mol. The Morgan fingerprint density at radius 1 is 1.12 bits per heavy atom. The summed E-state index contributed by atoms with van der Waals surface area (Å²) in [4.78, 5) is 21.0. The highest BCUT2D eigenvalue weighted by molar-refractivity contribution is 5.96. The second-order valence-electron chi connectivity index (χ2n) is 8.82. The molecule has 4 rings (SSSR count). The first-order chi connectivity index (χ1) is 19.4. The highest BCUT2D eigenvalue weighted by atomic mass is 19.4. The number of anilines is 2. The van der Waals surface area contributed by atoms with Gasteiger partial charge in [0.1, 0.15) is 6.54 Å². The third-order valence-electron chi connectivity index (χ3n) is 5.86. The summed E-state index contributed by atoms with van der Waals surface area (Å²) in [5, 5.41) is 8.97. The van der Waals surface area contributed by atoms with Crippen molar-refractivity contribution in [3.63, 3.8) is 0 Å². The van der Waals surface area contributed by atoms with Gasteiger partial charge in [-0.05, 0) is 30.2 Å². The molecule has 0 aliphatic rings. The number of carbonyl (C=O) groups is 1. The number of rotatable bonds is 11. The van der Waals surface area contributed by atoms with E-state index in [1.54, 1.807) is 18.2 Å². The van der Waals surface area contributed by atoms with Crippen LogP contribution in [0.4, 0.5) is 37.8 Å². The number of fused-ring (bicyclic) bond motifs is 1. The predicted octanol–water partition coefficient (Wildman–Crippen LogP) is 4.19. The number of aryl methyl sites for hydroxylation is 1. The Kier molecular flexibility index (Phi) is 8.82. The van der Waals surface area contributed by atoms with E-state index in [4.69, 9.17) is 10.5 Å². The van der Waals surface area contributed by atoms with Gasteiger partial charge in [-0.15, -0.1) is 0 Å². The lowest BCUT2D eigenvalue weighted by Gasteiger charge is -2.13. The lowest BCUT2D eigenvalue weighted by molar-refractivity contribution is -0.148. The number of carbonyl (C=O) groups excluding carboxylic acids is 1. The topological polar surface area (TPSA) is 124 Å². The Labute approximate surface area is 229 Å². The average Bonchev–Trinajstić information content (AvgIpc) is 3.52. The van der Waals surface area contributed by atoms with Gasteiger partial charge in [0.15, 0.2) is 17.2 Å². The highest BCUT2D eigenvalue weighted by Gasteiger charge is 2.39. The standard InChI is InChI=1S/C25H26F6N8O2/c1-2-15-11-16(3-4-17(15)23(40)34-7-10-41-9-5-32)36-21-22-35-12-19(39(22)8-6-33-21)18-13-38(14-24(26,27)28)37-20(18)25(29,30)31/h3-4,6,8,11-13H,2,5,7,9-10,14,32H2,1H3,(H,33,36)(H,34,40). The van der Waals surface area contributed by atoms with Crippen LogP contribution in [0.15, 0.2) is 43.0 Å². The molecule has 0 atom stereocenters. The summed E-state index contributed by atoms with van der Waals surface area (Å²) in [7, 11) is 0. The van der Waals surface area contributed by atoms with Gasteiger partial charge in [-0.3, -0.25) is 13.9 Å². The van der Waals surface area contributed by atoms with Gasteiger partial charge in [-0.2, -0.15) is 31.4 Å². The molecular formula is C25H26F6N8O2. The maximum absolute atomic E-state index is 13.7. The summed E-state index contributed by atoms with van der Waals surface area (Å²) in [6.45, 7) is 1.59. The third-order valence-corrected chi connectivity index (χ3v) is 5.86. The fraction of sp³-hybridized carbons (Fsp3) is 0.360. The van der Waals surface area contributed by atoms with Crippen molar-refractivity contribution < 1.29 is 35.9 Å². The molecule has 41 heavy (non-hydrogen) atoms. The van der Waals surface area contributed by atoms with Crippen molar-refractivity contribution in [3.8, 4) is 11.3 Å². The summed E-state index contributed by atoms with van der Waals surface area (Å²) in [6, 6.07) is 4.99. The van der Waals surface area contributed by atoms with Crippen molar-refractivity contribution in [1.29, 1.82) is 0 Å². The Hall–Kier alpha value is -4.18. The van der Waals surface area contributed by atoms with E-state index >= 15 is 0 Å². The molecule has 0 bridgehead atoms. The number of benzene rings is 1. The van der Waals surface area contributed by atoms with Crippen molar-refractivity contribution in [2.24, 2.45) is 5.73 Å². The molecule has 16 heteroatoms. The van der Waals surface area contributed by atoms with Crippen molar-refractivity contribution in [2.45, 2.75) is 32.2 Å². The van der Waals surface area contributed by atoms with Gasteiger partial charge in [0.2, 0.25) is 0 Å². The van der Waals surface area contributed by atoms with Crippen LogP contribution in [-0.4, -0.2) is 62.5 Å². The van der Waals surface area contributed by atoms with Gasteiger partial charge in [-0.1, -0.05) is 6.92 Å². The molecule has 0 saturated carbocycles. The van der Waals surface area contributed by atoms with Crippen LogP contribution in [-0.2, 0) is 23.9 Å². The van der Waals surface area contributed by atoms with Crippen LogP contribution in [0.5, 0.6) is 0 Å². The highest BCUT2D eigenvalue weighted by Crippen LogP contribution is 2.37. The molecule has 10 nitrogen and oxygen atoms in total. The quantitative estimate of drug-likeness (QED) is 0.178. The van der Waals surface area contributed by atoms with E-state index in [1.807, 2.05) is 6.92 Å². The van der Waals surface area contributed by atoms with Gasteiger partial charge in [0, 0.05) is 42.9 Å². The fourth-order valence-corrected chi connectivity index (χ4v) is 4.13. The number of halogens is 6. The van der Waals surface area contributed by atoms with Gasteiger partial charge < -0.3 is 21.1 Å². The Morgan fingerprint density at radius 3 is 2.59 bits per heavy atom. The van der Waals surface area contributed by atoms with Gasteiger partial charge >= 0.3 is 12.4 Å². The van der Waals surface area contributed by atoms with Crippen molar-refractivity contribution in [1.82, 2.24) is 29.5 Å². The van der Waals surface area contributed by atoms with E-state index in [9.17, 15) is 31.1 Å². The molecule has 4 N–H and O–H groups in total. The number of amides is 1. The Balaban J connectivity index is 1.61. The second kappa shape index (κ2) is 12.1. The van der Waals surface area contributed by atoms with Crippen LogP contribution in [0.2, 0.25) is 0 Å². The molecule has 3 heterocycles. The van der Waals surface area contributed by atoms with Crippen LogP contribution >= 0.6 is 0 Å². The molecule has 0 fully saturated rings. The monoisotopic (exact) mass is 584 g/mol. The minimum atomic E-state index is -5.01. The number of nitrogens with one attached hydrogen (secondary N) is 2. The van der Waals surface area contributed by atoms with Gasteiger partial charge in [0.25, 0.3) is 5.91 Å². The van der Waals surface area contributed by atoms with Gasteiger partial charge in [-0.25, -0.2) is 9.97 Å². The average molecular weight is 585 g/mol. The summed E-state index contributed by atoms with van der Waals surface area (Å²) in [5.74, 6) is -0.110. The summed E-state index contributed by atoms with van der Waals surface area (Å²) >= 11 is 0. The van der Waals surface area contributed by atoms with Crippen molar-refractivity contribution >= 4 is 23.1 Å². The fourth-order valence-electron chi connectivity index (χ4n) is 4.13. The maximum atomic E-state index is 13.7. The number of alkyl halides is 6. The molecule has 0 unspecified atom stereocenters. The van der Waals surface area contributed by atoms with Gasteiger partial charge in [0.05, 0.1) is 30.7 Å². The summed E-state index contributed by atoms with van der Waals surface area (Å²) < 4.78 is 86.3. The van der Waals surface area contributed by atoms with Crippen molar-refractivity contribution in [3.05, 3.63) is 59.8 Å². The van der Waals surface area contributed by atoms with E-state index in [1.165, 1.54) is 16.8 Å². The smallest absolute Gasteiger partial charge is 0.378 e. The number of nitrogens with zero attached hydrogens (tertiary/aromatic N) is 5. The third kappa shape index (κ3) is 7.13. The normalized spacial score (nSPS) is 12.2. The Bertz CT molecular complexity index is 1510. The van der Waals surface area contributed by atoms with Crippen LogP contribution in [0.3, 0.4) is 0 Å². The van der Waals surface area contributed by atoms with Crippen molar-refractivity contribution in [2.75, 3.05) is 31.6 Å². The number of imidazole rings is 1. The Morgan fingerprint density at radius 2 is 1.90 bits per heavy atom. The molecule has 4 aromatic rings. The maximum Gasteiger partial charge on any atom is 0.435 e. The van der Waals surface area contributed by atoms with E-state index in [0.717, 1.165) is 11.8 Å². The minimum Gasteiger partial charge on any atom is -0.378 e. The lowest BCUT2D eigenvalue weighted by atomic mass is 10.0. The lowest BCUT2D eigenvalue weighted by Crippen LogP contribution is -2.28. The van der Waals surface area contributed by atoms with E-state index in [0.29, 0.717) is 50.2 Å². The molecule has 1 aromatic carbocycles. The SMILES string of the molecule is CCc1cc(Nc2nccn3c(-c4cn(CC(F)(F)F)nc4C(F)(F)F)cnc23)ccc1C(=O)NCCOCCN. The second-order valence-corrected chi connectivity index (χ2v) is 8.82. The number of aromatic nitrogens is 5. The first kappa shape index (κ1) is 29.8. The van der Waals surface area contributed by atoms with E-state index in [2.05, 4.69) is 25.7 Å². The number of hydrogen-bond donors (Lipinski definition) is 3. The molecule has 1 amide bonds. The zero-order valence-corrected chi connectivity index (χ0v) is 21.7. The molecular weight excluding hydrogens is 558 g/mol. The molecule has 0 spiro atoms. The van der Waals surface area contributed by atoms with E-state index < -0.39 is 30.2 Å². The number of ether oxygens (including phenoxy) is 1. The largest absolute Gasteiger partial charge is 0.435 e. The number of hydrogen-bond acceptors (Lipinski definition) is 7. The van der Waals surface area contributed by atoms with Crippen LogP contribution < -0.4 is 16.4 Å². The molecule has 220 valence electrons. The summed E-state index contributed by atoms with van der Waals surface area (Å²) in [6.07, 6.45) is -4.81. The number of nitrogens with two attached hydrogens (primary N) is 1. The van der Waals surface area contributed by atoms with Crippen LogP contribution in [0.1, 0.15) is 28.5 Å². The molecule has 0 aliphatic heterocycles. The molecule has 0 saturated heterocycles. The van der Waals surface area contributed by atoms with Crippen LogP contribution in [0, 0.1) is 0 Å². The molecule has 0 aliphatic carbocycles.